The highest BCUT2D eigenvalue weighted by molar-refractivity contribution is 7.89. The van der Waals surface area contributed by atoms with Crippen molar-refractivity contribution in [3.8, 4) is 12.3 Å². The molecule has 1 aromatic rings. The van der Waals surface area contributed by atoms with E-state index in [1.807, 2.05) is 4.90 Å². The minimum atomic E-state index is -3.88. The van der Waals surface area contributed by atoms with Gasteiger partial charge in [-0.15, -0.1) is 6.42 Å². The third-order valence-corrected chi connectivity index (χ3v) is 5.40. The van der Waals surface area contributed by atoms with Crippen molar-refractivity contribution in [2.24, 2.45) is 0 Å². The second-order valence-electron chi connectivity index (χ2n) is 4.72. The summed E-state index contributed by atoms with van der Waals surface area (Å²) in [4.78, 5) is 12.8. The number of rotatable bonds is 4. The summed E-state index contributed by atoms with van der Waals surface area (Å²) in [7, 11) is -3.88. The van der Waals surface area contributed by atoms with Gasteiger partial charge in [-0.3, -0.25) is 10.00 Å². The number of aryl methyl sites for hydroxylation is 1. The van der Waals surface area contributed by atoms with Crippen LogP contribution in [0.4, 0.5) is 0 Å². The molecular formula is C12H16N4O4S. The second kappa shape index (κ2) is 5.85. The number of hydrogen-bond acceptors (Lipinski definition) is 5. The number of terminal acetylenes is 1. The number of carbonyl (C=O) groups is 1. The van der Waals surface area contributed by atoms with Crippen molar-refractivity contribution in [2.75, 3.05) is 32.7 Å². The molecule has 1 fully saturated rings. The average molecular weight is 312 g/mol. The van der Waals surface area contributed by atoms with Gasteiger partial charge >= 0.3 is 5.97 Å². The molecule has 2 rings (SSSR count). The van der Waals surface area contributed by atoms with Gasteiger partial charge in [0.2, 0.25) is 10.0 Å². The molecule has 8 nitrogen and oxygen atoms in total. The van der Waals surface area contributed by atoms with Gasteiger partial charge in [-0.1, -0.05) is 5.92 Å². The lowest BCUT2D eigenvalue weighted by atomic mass is 10.3. The van der Waals surface area contributed by atoms with Gasteiger partial charge in [0.1, 0.15) is 4.90 Å². The predicted octanol–water partition coefficient (Wildman–Crippen LogP) is -0.644. The lowest BCUT2D eigenvalue weighted by Crippen LogP contribution is -2.48. The number of aromatic amines is 1. The summed E-state index contributed by atoms with van der Waals surface area (Å²) in [6.45, 7) is 3.53. The van der Waals surface area contributed by atoms with Gasteiger partial charge < -0.3 is 5.11 Å². The number of H-pyrrole nitrogens is 1. The molecule has 0 bridgehead atoms. The van der Waals surface area contributed by atoms with Crippen LogP contribution in [0.25, 0.3) is 0 Å². The minimum absolute atomic E-state index is 0.221. The van der Waals surface area contributed by atoms with E-state index in [4.69, 9.17) is 11.5 Å². The van der Waals surface area contributed by atoms with E-state index in [0.29, 0.717) is 19.6 Å². The molecule has 1 saturated heterocycles. The van der Waals surface area contributed by atoms with E-state index < -0.39 is 21.7 Å². The quantitative estimate of drug-likeness (QED) is 0.716. The number of carboxylic acids is 1. The molecule has 0 radical (unpaired) electrons. The molecule has 1 aliphatic heterocycles. The SMILES string of the molecule is C#CCN1CCN(S(=O)(=O)c2c(C(=O)O)n[nH]c2C)CC1. The van der Waals surface area contributed by atoms with Gasteiger partial charge in [-0.2, -0.15) is 9.40 Å². The molecule has 0 unspecified atom stereocenters. The van der Waals surface area contributed by atoms with E-state index in [2.05, 4.69) is 16.1 Å². The smallest absolute Gasteiger partial charge is 0.357 e. The summed E-state index contributed by atoms with van der Waals surface area (Å²) in [6.07, 6.45) is 5.23. The summed E-state index contributed by atoms with van der Waals surface area (Å²) >= 11 is 0. The molecule has 1 aromatic heterocycles. The molecule has 2 N–H and O–H groups in total. The van der Waals surface area contributed by atoms with E-state index in [9.17, 15) is 13.2 Å². The molecular weight excluding hydrogens is 296 g/mol. The third kappa shape index (κ3) is 2.92. The zero-order chi connectivity index (χ0) is 15.6. The van der Waals surface area contributed by atoms with E-state index >= 15 is 0 Å². The van der Waals surface area contributed by atoms with Crippen LogP contribution in [0, 0.1) is 19.3 Å². The maximum atomic E-state index is 12.6. The van der Waals surface area contributed by atoms with Crippen LogP contribution < -0.4 is 0 Å². The normalized spacial score (nSPS) is 17.5. The lowest BCUT2D eigenvalue weighted by molar-refractivity contribution is 0.0686. The fourth-order valence-electron chi connectivity index (χ4n) is 2.27. The Morgan fingerprint density at radius 1 is 1.43 bits per heavy atom. The molecule has 9 heteroatoms. The van der Waals surface area contributed by atoms with Crippen LogP contribution in [0.15, 0.2) is 4.90 Å². The highest BCUT2D eigenvalue weighted by Crippen LogP contribution is 2.23. The summed E-state index contributed by atoms with van der Waals surface area (Å²) in [5.74, 6) is 1.15. The van der Waals surface area contributed by atoms with Gasteiger partial charge in [0, 0.05) is 26.2 Å². The number of carboxylic acid groups (broad SMARTS) is 1. The van der Waals surface area contributed by atoms with Gasteiger partial charge in [-0.05, 0) is 6.92 Å². The van der Waals surface area contributed by atoms with Crippen LogP contribution in [0.1, 0.15) is 16.2 Å². The van der Waals surface area contributed by atoms with E-state index in [-0.39, 0.29) is 23.7 Å². The average Bonchev–Trinajstić information content (AvgIpc) is 2.82. The van der Waals surface area contributed by atoms with Crippen molar-refractivity contribution in [2.45, 2.75) is 11.8 Å². The number of aromatic carboxylic acids is 1. The van der Waals surface area contributed by atoms with Crippen LogP contribution in [0.3, 0.4) is 0 Å². The number of sulfonamides is 1. The Morgan fingerprint density at radius 3 is 2.57 bits per heavy atom. The fraction of sp³-hybridized carbons (Fsp3) is 0.500. The van der Waals surface area contributed by atoms with Crippen molar-refractivity contribution in [1.82, 2.24) is 19.4 Å². The summed E-state index contributed by atoms with van der Waals surface area (Å²) in [5, 5.41) is 15.0. The predicted molar refractivity (Wildman–Crippen MR) is 74.3 cm³/mol. The molecule has 0 aliphatic carbocycles. The van der Waals surface area contributed by atoms with Crippen LogP contribution in [0.2, 0.25) is 0 Å². The molecule has 2 heterocycles. The Morgan fingerprint density at radius 2 is 2.05 bits per heavy atom. The van der Waals surface area contributed by atoms with E-state index in [1.54, 1.807) is 0 Å². The van der Waals surface area contributed by atoms with Crippen molar-refractivity contribution in [3.05, 3.63) is 11.4 Å². The first kappa shape index (κ1) is 15.5. The van der Waals surface area contributed by atoms with Crippen molar-refractivity contribution in [1.29, 1.82) is 0 Å². The van der Waals surface area contributed by atoms with E-state index in [0.717, 1.165) is 0 Å². The van der Waals surface area contributed by atoms with Crippen molar-refractivity contribution >= 4 is 16.0 Å². The zero-order valence-electron chi connectivity index (χ0n) is 11.5. The molecule has 0 spiro atoms. The van der Waals surface area contributed by atoms with Gasteiger partial charge in [0.25, 0.3) is 0 Å². The Hall–Kier alpha value is -1.89. The fourth-order valence-corrected chi connectivity index (χ4v) is 3.98. The maximum Gasteiger partial charge on any atom is 0.357 e. The Labute approximate surface area is 122 Å². The monoisotopic (exact) mass is 312 g/mol. The highest BCUT2D eigenvalue weighted by atomic mass is 32.2. The number of nitrogens with one attached hydrogen (secondary N) is 1. The van der Waals surface area contributed by atoms with Gasteiger partial charge in [0.05, 0.1) is 12.2 Å². The molecule has 1 aliphatic rings. The first-order valence-electron chi connectivity index (χ1n) is 6.32. The number of hydrogen-bond donors (Lipinski definition) is 2. The van der Waals surface area contributed by atoms with Gasteiger partial charge in [-0.25, -0.2) is 13.2 Å². The van der Waals surface area contributed by atoms with Crippen LogP contribution >= 0.6 is 0 Å². The van der Waals surface area contributed by atoms with E-state index in [1.165, 1.54) is 11.2 Å². The Balaban J connectivity index is 2.26. The minimum Gasteiger partial charge on any atom is -0.476 e. The maximum absolute atomic E-state index is 12.6. The van der Waals surface area contributed by atoms with Crippen LogP contribution in [-0.2, 0) is 10.0 Å². The summed E-state index contributed by atoms with van der Waals surface area (Å²) < 4.78 is 26.5. The van der Waals surface area contributed by atoms with Crippen LogP contribution in [-0.4, -0.2) is 71.6 Å². The summed E-state index contributed by atoms with van der Waals surface area (Å²) in [6, 6.07) is 0. The standard InChI is InChI=1S/C12H16N4O4S/c1-3-4-15-5-7-16(8-6-15)21(19,20)11-9(2)13-14-10(11)12(17)18/h1H,4-8H2,2H3,(H,13,14)(H,17,18). The number of aromatic nitrogens is 2. The largest absolute Gasteiger partial charge is 0.476 e. The lowest BCUT2D eigenvalue weighted by Gasteiger charge is -2.32. The Bertz CT molecular complexity index is 681. The molecule has 114 valence electrons. The van der Waals surface area contributed by atoms with Crippen molar-refractivity contribution in [3.63, 3.8) is 0 Å². The second-order valence-corrected chi connectivity index (χ2v) is 6.59. The first-order valence-corrected chi connectivity index (χ1v) is 7.76. The first-order chi connectivity index (χ1) is 9.87. The zero-order valence-corrected chi connectivity index (χ0v) is 12.4. The topological polar surface area (TPSA) is 107 Å². The number of piperazine rings is 1. The molecule has 0 amide bonds. The molecule has 0 aromatic carbocycles. The molecule has 21 heavy (non-hydrogen) atoms. The highest BCUT2D eigenvalue weighted by Gasteiger charge is 2.34. The third-order valence-electron chi connectivity index (χ3n) is 3.34. The molecule has 0 saturated carbocycles. The van der Waals surface area contributed by atoms with Crippen LogP contribution in [0.5, 0.6) is 0 Å². The number of nitrogens with zero attached hydrogens (tertiary/aromatic N) is 3. The Kier molecular flexibility index (Phi) is 4.32. The van der Waals surface area contributed by atoms with Crippen molar-refractivity contribution < 1.29 is 18.3 Å². The summed E-state index contributed by atoms with van der Waals surface area (Å²) in [5.41, 5.74) is -0.253. The van der Waals surface area contributed by atoms with Gasteiger partial charge in [0.15, 0.2) is 5.69 Å². The molecule has 0 atom stereocenters.